The number of nitrogens with zero attached hydrogens (tertiary/aromatic N) is 1. The minimum Gasteiger partial charge on any atom is -0.495 e. The molecule has 1 aromatic carbocycles. The van der Waals surface area contributed by atoms with Gasteiger partial charge in [-0.05, 0) is 30.7 Å². The van der Waals surface area contributed by atoms with Crippen LogP contribution >= 0.6 is 0 Å². The molecule has 110 valence electrons. The van der Waals surface area contributed by atoms with Crippen LogP contribution in [0, 0.1) is 12.7 Å². The van der Waals surface area contributed by atoms with E-state index < -0.39 is 17.3 Å². The van der Waals surface area contributed by atoms with Crippen LogP contribution in [0.4, 0.5) is 10.1 Å². The summed E-state index contributed by atoms with van der Waals surface area (Å²) < 4.78 is 19.2. The van der Waals surface area contributed by atoms with Gasteiger partial charge in [-0.3, -0.25) is 9.59 Å². The predicted molar refractivity (Wildman–Crippen MR) is 77.0 cm³/mol. The Morgan fingerprint density at radius 3 is 2.81 bits per heavy atom. The Labute approximate surface area is 121 Å². The summed E-state index contributed by atoms with van der Waals surface area (Å²) >= 11 is 0. The number of benzene rings is 1. The van der Waals surface area contributed by atoms with Crippen LogP contribution in [0.2, 0.25) is 0 Å². The Hall–Kier alpha value is -2.63. The number of halogens is 1. The number of pyridine rings is 1. The number of aromatic nitrogens is 1. The maximum Gasteiger partial charge on any atom is 0.251 e. The number of amides is 1. The molecule has 0 saturated heterocycles. The lowest BCUT2D eigenvalue weighted by Crippen LogP contribution is -2.27. The zero-order valence-corrected chi connectivity index (χ0v) is 11.7. The standard InChI is InChI=1S/C15H15FN2O3/c1-10-3-5-13(21-2)12(7-10)17-14(19)9-18-8-11(16)4-6-15(18)20/h3-8H,9H2,1-2H3,(H,17,19). The van der Waals surface area contributed by atoms with Gasteiger partial charge >= 0.3 is 0 Å². The first-order valence-corrected chi connectivity index (χ1v) is 6.30. The van der Waals surface area contributed by atoms with E-state index in [0.29, 0.717) is 11.4 Å². The van der Waals surface area contributed by atoms with Gasteiger partial charge in [-0.1, -0.05) is 6.07 Å². The maximum atomic E-state index is 13.1. The van der Waals surface area contributed by atoms with Gasteiger partial charge < -0.3 is 14.6 Å². The van der Waals surface area contributed by atoms with Crippen molar-refractivity contribution in [3.05, 3.63) is 58.3 Å². The molecule has 1 amide bonds. The summed E-state index contributed by atoms with van der Waals surface area (Å²) in [5, 5.41) is 2.65. The van der Waals surface area contributed by atoms with Gasteiger partial charge in [-0.2, -0.15) is 0 Å². The van der Waals surface area contributed by atoms with Crippen molar-refractivity contribution in [3.63, 3.8) is 0 Å². The van der Waals surface area contributed by atoms with Crippen LogP contribution in [-0.4, -0.2) is 17.6 Å². The van der Waals surface area contributed by atoms with Gasteiger partial charge in [-0.25, -0.2) is 4.39 Å². The van der Waals surface area contributed by atoms with E-state index in [1.54, 1.807) is 12.1 Å². The van der Waals surface area contributed by atoms with E-state index in [-0.39, 0.29) is 6.54 Å². The van der Waals surface area contributed by atoms with E-state index in [1.165, 1.54) is 7.11 Å². The number of ether oxygens (including phenoxy) is 1. The lowest BCUT2D eigenvalue weighted by molar-refractivity contribution is -0.116. The fourth-order valence-electron chi connectivity index (χ4n) is 1.89. The Bertz CT molecular complexity index is 725. The molecule has 0 fully saturated rings. The summed E-state index contributed by atoms with van der Waals surface area (Å²) in [6, 6.07) is 7.48. The van der Waals surface area contributed by atoms with Crippen molar-refractivity contribution in [1.29, 1.82) is 0 Å². The zero-order chi connectivity index (χ0) is 15.4. The summed E-state index contributed by atoms with van der Waals surface area (Å²) in [5.41, 5.74) is 1.02. The topological polar surface area (TPSA) is 60.3 Å². The molecule has 0 saturated carbocycles. The molecule has 1 heterocycles. The number of anilines is 1. The van der Waals surface area contributed by atoms with Crippen LogP contribution in [-0.2, 0) is 11.3 Å². The molecule has 0 bridgehead atoms. The summed E-state index contributed by atoms with van der Waals surface area (Å²) in [6.45, 7) is 1.61. The summed E-state index contributed by atoms with van der Waals surface area (Å²) in [6.07, 6.45) is 0.995. The van der Waals surface area contributed by atoms with Gasteiger partial charge in [0.15, 0.2) is 0 Å². The third kappa shape index (κ3) is 3.68. The van der Waals surface area contributed by atoms with Gasteiger partial charge in [-0.15, -0.1) is 0 Å². The van der Waals surface area contributed by atoms with Gasteiger partial charge in [0.1, 0.15) is 18.1 Å². The van der Waals surface area contributed by atoms with Crippen molar-refractivity contribution in [2.24, 2.45) is 0 Å². The highest BCUT2D eigenvalue weighted by Gasteiger charge is 2.09. The average Bonchev–Trinajstić information content (AvgIpc) is 2.43. The van der Waals surface area contributed by atoms with Crippen molar-refractivity contribution < 1.29 is 13.9 Å². The van der Waals surface area contributed by atoms with Gasteiger partial charge in [0.25, 0.3) is 5.56 Å². The Morgan fingerprint density at radius 1 is 1.33 bits per heavy atom. The molecule has 0 spiro atoms. The molecule has 0 aliphatic heterocycles. The van der Waals surface area contributed by atoms with Crippen LogP contribution < -0.4 is 15.6 Å². The quantitative estimate of drug-likeness (QED) is 0.936. The molecule has 0 aliphatic carbocycles. The largest absolute Gasteiger partial charge is 0.495 e. The van der Waals surface area contributed by atoms with E-state index in [9.17, 15) is 14.0 Å². The minimum absolute atomic E-state index is 0.270. The molecule has 1 N–H and O–H groups in total. The van der Waals surface area contributed by atoms with Crippen molar-refractivity contribution >= 4 is 11.6 Å². The van der Waals surface area contributed by atoms with Crippen LogP contribution in [0.15, 0.2) is 41.3 Å². The molecule has 2 aromatic rings. The van der Waals surface area contributed by atoms with Crippen molar-refractivity contribution in [2.75, 3.05) is 12.4 Å². The Kier molecular flexibility index (Phi) is 4.37. The van der Waals surface area contributed by atoms with Crippen LogP contribution in [0.3, 0.4) is 0 Å². The van der Waals surface area contributed by atoms with Crippen LogP contribution in [0.5, 0.6) is 5.75 Å². The molecule has 5 nitrogen and oxygen atoms in total. The summed E-state index contributed by atoms with van der Waals surface area (Å²) in [5.74, 6) is -0.498. The highest BCUT2D eigenvalue weighted by atomic mass is 19.1. The van der Waals surface area contributed by atoms with E-state index in [2.05, 4.69) is 5.32 Å². The van der Waals surface area contributed by atoms with Crippen molar-refractivity contribution in [2.45, 2.75) is 13.5 Å². The predicted octanol–water partition coefficient (Wildman–Crippen LogP) is 1.94. The monoisotopic (exact) mass is 290 g/mol. The van der Waals surface area contributed by atoms with Crippen molar-refractivity contribution in [1.82, 2.24) is 4.57 Å². The highest BCUT2D eigenvalue weighted by Crippen LogP contribution is 2.25. The van der Waals surface area contributed by atoms with E-state index in [4.69, 9.17) is 4.74 Å². The number of nitrogens with one attached hydrogen (secondary N) is 1. The van der Waals surface area contributed by atoms with Gasteiger partial charge in [0.2, 0.25) is 5.91 Å². The maximum absolute atomic E-state index is 13.1. The normalized spacial score (nSPS) is 10.2. The molecule has 6 heteroatoms. The molecule has 2 rings (SSSR count). The summed E-state index contributed by atoms with van der Waals surface area (Å²) in [4.78, 5) is 23.5. The Morgan fingerprint density at radius 2 is 2.10 bits per heavy atom. The second kappa shape index (κ2) is 6.21. The second-order valence-corrected chi connectivity index (χ2v) is 4.57. The number of rotatable bonds is 4. The first kappa shape index (κ1) is 14.8. The summed E-state index contributed by atoms with van der Waals surface area (Å²) in [7, 11) is 1.50. The molecule has 0 atom stereocenters. The number of carbonyl (C=O) groups excluding carboxylic acids is 1. The lowest BCUT2D eigenvalue weighted by atomic mass is 10.2. The third-order valence-electron chi connectivity index (χ3n) is 2.89. The van der Waals surface area contributed by atoms with E-state index >= 15 is 0 Å². The molecule has 0 unspecified atom stereocenters. The van der Waals surface area contributed by atoms with Gasteiger partial charge in [0.05, 0.1) is 12.8 Å². The third-order valence-corrected chi connectivity index (χ3v) is 2.89. The number of hydrogen-bond acceptors (Lipinski definition) is 3. The van der Waals surface area contributed by atoms with Gasteiger partial charge in [0, 0.05) is 12.3 Å². The van der Waals surface area contributed by atoms with Crippen LogP contribution in [0.1, 0.15) is 5.56 Å². The average molecular weight is 290 g/mol. The fourth-order valence-corrected chi connectivity index (χ4v) is 1.89. The Balaban J connectivity index is 2.17. The number of aryl methyl sites for hydroxylation is 1. The molecular formula is C15H15FN2O3. The lowest BCUT2D eigenvalue weighted by Gasteiger charge is -2.11. The number of hydrogen-bond donors (Lipinski definition) is 1. The molecule has 0 radical (unpaired) electrons. The van der Waals surface area contributed by atoms with Crippen LogP contribution in [0.25, 0.3) is 0 Å². The molecule has 1 aromatic heterocycles. The molecular weight excluding hydrogens is 275 g/mol. The first-order valence-electron chi connectivity index (χ1n) is 6.30. The SMILES string of the molecule is COc1ccc(C)cc1NC(=O)Cn1cc(F)ccc1=O. The van der Waals surface area contributed by atoms with E-state index in [1.807, 2.05) is 13.0 Å². The highest BCUT2D eigenvalue weighted by molar-refractivity contribution is 5.92. The molecule has 21 heavy (non-hydrogen) atoms. The second-order valence-electron chi connectivity index (χ2n) is 4.57. The first-order chi connectivity index (χ1) is 9.99. The zero-order valence-electron chi connectivity index (χ0n) is 11.7. The fraction of sp³-hybridized carbons (Fsp3) is 0.200. The molecule has 0 aliphatic rings. The van der Waals surface area contributed by atoms with E-state index in [0.717, 1.165) is 28.5 Å². The van der Waals surface area contributed by atoms with Crippen molar-refractivity contribution in [3.8, 4) is 5.75 Å². The number of methoxy groups -OCH3 is 1. The minimum atomic E-state index is -0.574. The smallest absolute Gasteiger partial charge is 0.251 e. The number of carbonyl (C=O) groups is 1.